The minimum atomic E-state index is -3.37. The number of sulfonamides is 1. The van der Waals surface area contributed by atoms with Crippen LogP contribution in [0.5, 0.6) is 0 Å². The third-order valence-corrected chi connectivity index (χ3v) is 6.24. The molecule has 1 fully saturated rings. The van der Waals surface area contributed by atoms with Crippen LogP contribution in [0.3, 0.4) is 0 Å². The highest BCUT2D eigenvalue weighted by molar-refractivity contribution is 9.10. The van der Waals surface area contributed by atoms with E-state index >= 15 is 0 Å². The number of hydrogen-bond acceptors (Lipinski definition) is 3. The zero-order valence-corrected chi connectivity index (χ0v) is 15.0. The Balaban J connectivity index is 2.07. The van der Waals surface area contributed by atoms with E-state index < -0.39 is 10.0 Å². The van der Waals surface area contributed by atoms with Gasteiger partial charge >= 0.3 is 0 Å². The van der Waals surface area contributed by atoms with Crippen LogP contribution in [0.25, 0.3) is 0 Å². The second kappa shape index (κ2) is 7.22. The Labute approximate surface area is 136 Å². The third kappa shape index (κ3) is 4.28. The molecule has 0 radical (unpaired) electrons. The fourth-order valence-electron chi connectivity index (χ4n) is 2.70. The lowest BCUT2D eigenvalue weighted by Crippen LogP contribution is -2.40. The lowest BCUT2D eigenvalue weighted by molar-refractivity contribution is 0.268. The van der Waals surface area contributed by atoms with Gasteiger partial charge in [-0.3, -0.25) is 0 Å². The molecule has 0 aromatic heterocycles. The molecule has 21 heavy (non-hydrogen) atoms. The van der Waals surface area contributed by atoms with Crippen molar-refractivity contribution in [2.45, 2.75) is 31.6 Å². The topological polar surface area (TPSA) is 49.4 Å². The van der Waals surface area contributed by atoms with Gasteiger partial charge in [0.05, 0.1) is 4.90 Å². The predicted octanol–water partition coefficient (Wildman–Crippen LogP) is 2.77. The Kier molecular flexibility index (Phi) is 5.82. The van der Waals surface area contributed by atoms with Gasteiger partial charge in [0.2, 0.25) is 10.0 Å². The van der Waals surface area contributed by atoms with Crippen LogP contribution in [-0.4, -0.2) is 38.9 Å². The molecule has 0 atom stereocenters. The molecular formula is C15H23BrN2O2S. The van der Waals surface area contributed by atoms with E-state index in [4.69, 9.17) is 0 Å². The summed E-state index contributed by atoms with van der Waals surface area (Å²) in [4.78, 5) is 0.388. The number of nitrogens with one attached hydrogen (secondary N) is 1. The number of rotatable bonds is 5. The molecule has 0 unspecified atom stereocenters. The van der Waals surface area contributed by atoms with Crippen LogP contribution in [-0.2, 0) is 10.0 Å². The predicted molar refractivity (Wildman–Crippen MR) is 88.9 cm³/mol. The molecule has 1 heterocycles. The first kappa shape index (κ1) is 16.9. The van der Waals surface area contributed by atoms with Gasteiger partial charge < -0.3 is 5.32 Å². The Morgan fingerprint density at radius 2 is 1.95 bits per heavy atom. The summed E-state index contributed by atoms with van der Waals surface area (Å²) in [6.07, 6.45) is 1.86. The molecule has 1 aliphatic heterocycles. The highest BCUT2D eigenvalue weighted by Gasteiger charge is 2.29. The Morgan fingerprint density at radius 1 is 1.29 bits per heavy atom. The van der Waals surface area contributed by atoms with Crippen molar-refractivity contribution < 1.29 is 8.42 Å². The summed E-state index contributed by atoms with van der Waals surface area (Å²) < 4.78 is 27.8. The zero-order chi connectivity index (χ0) is 15.5. The van der Waals surface area contributed by atoms with E-state index in [0.29, 0.717) is 23.9 Å². The van der Waals surface area contributed by atoms with Gasteiger partial charge in [0.15, 0.2) is 0 Å². The number of hydrogen-bond donors (Lipinski definition) is 1. The summed E-state index contributed by atoms with van der Waals surface area (Å²) in [5.41, 5.74) is 0.949. The normalized spacial score (nSPS) is 18.0. The maximum absolute atomic E-state index is 12.7. The molecule has 0 amide bonds. The quantitative estimate of drug-likeness (QED) is 0.861. The first-order valence-corrected chi connectivity index (χ1v) is 9.65. The molecule has 1 aromatic carbocycles. The van der Waals surface area contributed by atoms with Gasteiger partial charge in [0.1, 0.15) is 0 Å². The first-order chi connectivity index (χ1) is 9.93. The molecular weight excluding hydrogens is 352 g/mol. The van der Waals surface area contributed by atoms with Crippen LogP contribution in [0.4, 0.5) is 0 Å². The second-order valence-electron chi connectivity index (χ2n) is 5.62. The van der Waals surface area contributed by atoms with Crippen LogP contribution in [0.1, 0.15) is 25.3 Å². The molecule has 118 valence electrons. The number of halogens is 1. The van der Waals surface area contributed by atoms with E-state index in [1.165, 1.54) is 0 Å². The number of nitrogens with zero attached hydrogens (tertiary/aromatic N) is 1. The van der Waals surface area contributed by atoms with E-state index in [1.807, 2.05) is 13.0 Å². The molecule has 1 N–H and O–H groups in total. The molecule has 0 aliphatic carbocycles. The van der Waals surface area contributed by atoms with E-state index in [2.05, 4.69) is 28.2 Å². The van der Waals surface area contributed by atoms with Crippen molar-refractivity contribution in [3.63, 3.8) is 0 Å². The Morgan fingerprint density at radius 3 is 2.52 bits per heavy atom. The molecule has 4 nitrogen and oxygen atoms in total. The Hall–Kier alpha value is -0.430. The maximum atomic E-state index is 12.7. The molecule has 0 saturated carbocycles. The number of benzene rings is 1. The fraction of sp³-hybridized carbons (Fsp3) is 0.600. The van der Waals surface area contributed by atoms with E-state index in [-0.39, 0.29) is 0 Å². The van der Waals surface area contributed by atoms with E-state index in [0.717, 1.165) is 36.0 Å². The first-order valence-electron chi connectivity index (χ1n) is 7.41. The largest absolute Gasteiger partial charge is 0.317 e. The second-order valence-corrected chi connectivity index (χ2v) is 8.47. The van der Waals surface area contributed by atoms with Gasteiger partial charge in [-0.15, -0.1) is 0 Å². The summed E-state index contributed by atoms with van der Waals surface area (Å²) in [6, 6.07) is 5.35. The van der Waals surface area contributed by atoms with E-state index in [9.17, 15) is 8.42 Å². The molecule has 1 aliphatic rings. The van der Waals surface area contributed by atoms with Gasteiger partial charge in [0.25, 0.3) is 0 Å². The van der Waals surface area contributed by atoms with Crippen molar-refractivity contribution in [3.8, 4) is 0 Å². The van der Waals surface area contributed by atoms with Crippen molar-refractivity contribution in [2.75, 3.05) is 26.2 Å². The highest BCUT2D eigenvalue weighted by atomic mass is 79.9. The van der Waals surface area contributed by atoms with Crippen molar-refractivity contribution in [2.24, 2.45) is 5.92 Å². The lowest BCUT2D eigenvalue weighted by Gasteiger charge is -2.31. The van der Waals surface area contributed by atoms with Gasteiger partial charge in [-0.1, -0.05) is 22.9 Å². The number of piperidine rings is 1. The summed E-state index contributed by atoms with van der Waals surface area (Å²) in [7, 11) is -3.37. The monoisotopic (exact) mass is 374 g/mol. The average molecular weight is 375 g/mol. The molecule has 1 aromatic rings. The fourth-order valence-corrected chi connectivity index (χ4v) is 5.06. The van der Waals surface area contributed by atoms with E-state index in [1.54, 1.807) is 16.4 Å². The van der Waals surface area contributed by atoms with Crippen LogP contribution >= 0.6 is 15.9 Å². The number of aryl methyl sites for hydroxylation is 1. The average Bonchev–Trinajstić information content (AvgIpc) is 2.44. The SMILES string of the molecule is CCNCC1CCN(S(=O)(=O)c2cc(C)cc(Br)c2)CC1. The zero-order valence-electron chi connectivity index (χ0n) is 12.6. The highest BCUT2D eigenvalue weighted by Crippen LogP contribution is 2.26. The van der Waals surface area contributed by atoms with Crippen molar-refractivity contribution in [1.29, 1.82) is 0 Å². The standard InChI is InChI=1S/C15H23BrN2O2S/c1-3-17-11-13-4-6-18(7-5-13)21(19,20)15-9-12(2)8-14(16)10-15/h8-10,13,17H,3-7,11H2,1-2H3. The van der Waals surface area contributed by atoms with Gasteiger partial charge in [-0.2, -0.15) is 4.31 Å². The van der Waals surface area contributed by atoms with Gasteiger partial charge in [-0.25, -0.2) is 8.42 Å². The summed E-state index contributed by atoms with van der Waals surface area (Å²) in [5, 5.41) is 3.34. The molecule has 6 heteroatoms. The smallest absolute Gasteiger partial charge is 0.243 e. The van der Waals surface area contributed by atoms with Crippen molar-refractivity contribution in [1.82, 2.24) is 9.62 Å². The molecule has 1 saturated heterocycles. The molecule has 0 bridgehead atoms. The lowest BCUT2D eigenvalue weighted by atomic mass is 9.98. The van der Waals surface area contributed by atoms with Crippen molar-refractivity contribution in [3.05, 3.63) is 28.2 Å². The molecule has 2 rings (SSSR count). The summed E-state index contributed by atoms with van der Waals surface area (Å²) in [6.45, 7) is 7.19. The minimum Gasteiger partial charge on any atom is -0.317 e. The van der Waals surface area contributed by atoms with Gasteiger partial charge in [0, 0.05) is 17.6 Å². The molecule has 0 spiro atoms. The van der Waals surface area contributed by atoms with Crippen molar-refractivity contribution >= 4 is 26.0 Å². The summed E-state index contributed by atoms with van der Waals surface area (Å²) in [5.74, 6) is 0.584. The third-order valence-electron chi connectivity index (χ3n) is 3.91. The van der Waals surface area contributed by atoms with Crippen LogP contribution in [0.2, 0.25) is 0 Å². The maximum Gasteiger partial charge on any atom is 0.243 e. The Bertz CT molecular complexity index is 561. The van der Waals surface area contributed by atoms with Gasteiger partial charge in [-0.05, 0) is 62.5 Å². The summed E-state index contributed by atoms with van der Waals surface area (Å²) >= 11 is 3.38. The van der Waals surface area contributed by atoms with Crippen LogP contribution in [0, 0.1) is 12.8 Å². The minimum absolute atomic E-state index is 0.388. The van der Waals surface area contributed by atoms with Crippen LogP contribution in [0.15, 0.2) is 27.6 Å². The van der Waals surface area contributed by atoms with Crippen LogP contribution < -0.4 is 5.32 Å².